The van der Waals surface area contributed by atoms with E-state index in [1.165, 1.54) is 18.5 Å². The monoisotopic (exact) mass is 340 g/mol. The molecule has 1 aliphatic rings. The highest BCUT2D eigenvalue weighted by molar-refractivity contribution is 5.63. The molecule has 3 rings (SSSR count). The van der Waals surface area contributed by atoms with E-state index >= 15 is 0 Å². The molecule has 5 nitrogen and oxygen atoms in total. The summed E-state index contributed by atoms with van der Waals surface area (Å²) in [5.74, 6) is 0.779. The highest BCUT2D eigenvalue weighted by atomic mass is 16.5. The van der Waals surface area contributed by atoms with E-state index in [4.69, 9.17) is 9.72 Å². The number of benzene rings is 1. The largest absolute Gasteiger partial charge is 0.378 e. The molecule has 134 valence electrons. The first-order valence-corrected chi connectivity index (χ1v) is 9.07. The van der Waals surface area contributed by atoms with Crippen molar-refractivity contribution in [1.82, 2.24) is 9.97 Å². The van der Waals surface area contributed by atoms with Crippen LogP contribution in [-0.2, 0) is 4.74 Å². The fraction of sp³-hybridized carbons (Fsp3) is 0.500. The van der Waals surface area contributed by atoms with Crippen molar-refractivity contribution >= 4 is 11.6 Å². The lowest BCUT2D eigenvalue weighted by Crippen LogP contribution is -2.22. The van der Waals surface area contributed by atoms with Crippen molar-refractivity contribution in [2.45, 2.75) is 31.8 Å². The molecule has 2 heterocycles. The van der Waals surface area contributed by atoms with Gasteiger partial charge in [0.1, 0.15) is 0 Å². The smallest absolute Gasteiger partial charge is 0.225 e. The summed E-state index contributed by atoms with van der Waals surface area (Å²) in [4.78, 5) is 13.4. The standard InChI is InChI=1S/C20H28N4O/c1-23(2)17-10-8-16(9-11-17)19-12-13-21-20(22-19)24(3)14-4-6-18-7-5-15-25-18/h8-13,18H,4-7,14-15H2,1-3H3. The van der Waals surface area contributed by atoms with Crippen molar-refractivity contribution in [3.63, 3.8) is 0 Å². The summed E-state index contributed by atoms with van der Waals surface area (Å²) in [5, 5.41) is 0. The van der Waals surface area contributed by atoms with Gasteiger partial charge in [0, 0.05) is 51.7 Å². The predicted molar refractivity (Wildman–Crippen MR) is 103 cm³/mol. The summed E-state index contributed by atoms with van der Waals surface area (Å²) in [7, 11) is 6.15. The Bertz CT molecular complexity index is 666. The molecule has 1 atom stereocenters. The minimum Gasteiger partial charge on any atom is -0.378 e. The lowest BCUT2D eigenvalue weighted by Gasteiger charge is -2.18. The van der Waals surface area contributed by atoms with Gasteiger partial charge < -0.3 is 14.5 Å². The Labute approximate surface area is 150 Å². The van der Waals surface area contributed by atoms with E-state index in [2.05, 4.69) is 46.1 Å². The molecule has 1 unspecified atom stereocenters. The first-order chi connectivity index (χ1) is 12.1. The third kappa shape index (κ3) is 4.69. The molecule has 0 amide bonds. The molecule has 1 aromatic heterocycles. The highest BCUT2D eigenvalue weighted by Gasteiger charge is 2.15. The summed E-state index contributed by atoms with van der Waals surface area (Å²) in [5.41, 5.74) is 3.26. The number of anilines is 2. The topological polar surface area (TPSA) is 41.5 Å². The van der Waals surface area contributed by atoms with Crippen LogP contribution < -0.4 is 9.80 Å². The Balaban J connectivity index is 1.61. The van der Waals surface area contributed by atoms with E-state index in [1.54, 1.807) is 0 Å². The molecule has 1 aromatic carbocycles. The number of nitrogens with zero attached hydrogens (tertiary/aromatic N) is 4. The second-order valence-electron chi connectivity index (χ2n) is 6.88. The van der Waals surface area contributed by atoms with Gasteiger partial charge in [-0.2, -0.15) is 0 Å². The van der Waals surface area contributed by atoms with Gasteiger partial charge in [0.05, 0.1) is 11.8 Å². The second-order valence-corrected chi connectivity index (χ2v) is 6.88. The third-order valence-electron chi connectivity index (χ3n) is 4.71. The Morgan fingerprint density at radius 3 is 2.60 bits per heavy atom. The summed E-state index contributed by atoms with van der Waals surface area (Å²) in [6, 6.07) is 10.4. The summed E-state index contributed by atoms with van der Waals surface area (Å²) >= 11 is 0. The minimum atomic E-state index is 0.455. The first-order valence-electron chi connectivity index (χ1n) is 9.07. The molecule has 1 aliphatic heterocycles. The molecule has 0 spiro atoms. The molecule has 0 N–H and O–H groups in total. The molecule has 1 fully saturated rings. The molecular formula is C20H28N4O. The molecule has 5 heteroatoms. The summed E-state index contributed by atoms with van der Waals surface area (Å²) in [6.45, 7) is 1.88. The highest BCUT2D eigenvalue weighted by Crippen LogP contribution is 2.22. The molecule has 2 aromatic rings. The van der Waals surface area contributed by atoms with E-state index in [0.717, 1.165) is 43.2 Å². The number of aromatic nitrogens is 2. The van der Waals surface area contributed by atoms with Crippen molar-refractivity contribution in [1.29, 1.82) is 0 Å². The molecule has 0 saturated carbocycles. The van der Waals surface area contributed by atoms with Crippen LogP contribution in [0.1, 0.15) is 25.7 Å². The molecule has 0 aliphatic carbocycles. The third-order valence-corrected chi connectivity index (χ3v) is 4.71. The van der Waals surface area contributed by atoms with E-state index < -0.39 is 0 Å². The number of hydrogen-bond donors (Lipinski definition) is 0. The van der Waals surface area contributed by atoms with Crippen LogP contribution in [0.2, 0.25) is 0 Å². The number of rotatable bonds is 7. The lowest BCUT2D eigenvalue weighted by atomic mass is 10.1. The van der Waals surface area contributed by atoms with Crippen molar-refractivity contribution in [2.75, 3.05) is 44.1 Å². The van der Waals surface area contributed by atoms with Gasteiger partial charge in [0.25, 0.3) is 0 Å². The van der Waals surface area contributed by atoms with Gasteiger partial charge in [0.2, 0.25) is 5.95 Å². The van der Waals surface area contributed by atoms with Crippen molar-refractivity contribution in [3.8, 4) is 11.3 Å². The van der Waals surface area contributed by atoms with Crippen LogP contribution in [0, 0.1) is 0 Å². The normalized spacial score (nSPS) is 16.8. The average molecular weight is 340 g/mol. The zero-order valence-corrected chi connectivity index (χ0v) is 15.5. The summed E-state index contributed by atoms with van der Waals surface area (Å²) in [6.07, 6.45) is 6.93. The SMILES string of the molecule is CN(C)c1ccc(-c2ccnc(N(C)CCCC3CCCO3)n2)cc1. The molecule has 0 bridgehead atoms. The molecule has 25 heavy (non-hydrogen) atoms. The quantitative estimate of drug-likeness (QED) is 0.770. The van der Waals surface area contributed by atoms with Crippen molar-refractivity contribution in [2.24, 2.45) is 0 Å². The van der Waals surface area contributed by atoms with Gasteiger partial charge in [0.15, 0.2) is 0 Å². The maximum Gasteiger partial charge on any atom is 0.225 e. The average Bonchev–Trinajstić information content (AvgIpc) is 3.15. The van der Waals surface area contributed by atoms with Gasteiger partial charge in [-0.1, -0.05) is 12.1 Å². The predicted octanol–water partition coefficient (Wildman–Crippen LogP) is 3.61. The first kappa shape index (κ1) is 17.7. The second kappa shape index (κ2) is 8.30. The number of hydrogen-bond acceptors (Lipinski definition) is 5. The van der Waals surface area contributed by atoms with Crippen LogP contribution in [0.5, 0.6) is 0 Å². The minimum absolute atomic E-state index is 0.455. The zero-order chi connectivity index (χ0) is 17.6. The van der Waals surface area contributed by atoms with Gasteiger partial charge in [-0.15, -0.1) is 0 Å². The Morgan fingerprint density at radius 2 is 1.92 bits per heavy atom. The molecular weight excluding hydrogens is 312 g/mol. The van der Waals surface area contributed by atoms with Gasteiger partial charge in [-0.05, 0) is 43.9 Å². The molecule has 0 radical (unpaired) electrons. The van der Waals surface area contributed by atoms with Crippen LogP contribution in [-0.4, -0.2) is 50.4 Å². The van der Waals surface area contributed by atoms with Crippen LogP contribution in [0.3, 0.4) is 0 Å². The fourth-order valence-electron chi connectivity index (χ4n) is 3.15. The van der Waals surface area contributed by atoms with E-state index in [1.807, 2.05) is 26.4 Å². The number of ether oxygens (including phenoxy) is 1. The summed E-state index contributed by atoms with van der Waals surface area (Å²) < 4.78 is 5.69. The van der Waals surface area contributed by atoms with E-state index in [9.17, 15) is 0 Å². The van der Waals surface area contributed by atoms with Crippen LogP contribution in [0.15, 0.2) is 36.5 Å². The molecule has 1 saturated heterocycles. The van der Waals surface area contributed by atoms with Gasteiger partial charge in [-0.25, -0.2) is 9.97 Å². The van der Waals surface area contributed by atoms with Gasteiger partial charge in [-0.3, -0.25) is 0 Å². The van der Waals surface area contributed by atoms with Crippen molar-refractivity contribution < 1.29 is 4.74 Å². The Hall–Kier alpha value is -2.14. The van der Waals surface area contributed by atoms with Crippen molar-refractivity contribution in [3.05, 3.63) is 36.5 Å². The van der Waals surface area contributed by atoms with Crippen LogP contribution >= 0.6 is 0 Å². The zero-order valence-electron chi connectivity index (χ0n) is 15.5. The fourth-order valence-corrected chi connectivity index (χ4v) is 3.15. The maximum absolute atomic E-state index is 5.69. The van der Waals surface area contributed by atoms with Crippen LogP contribution in [0.25, 0.3) is 11.3 Å². The Morgan fingerprint density at radius 1 is 1.12 bits per heavy atom. The van der Waals surface area contributed by atoms with Gasteiger partial charge >= 0.3 is 0 Å². The lowest BCUT2D eigenvalue weighted by molar-refractivity contribution is 0.103. The van der Waals surface area contributed by atoms with E-state index in [-0.39, 0.29) is 0 Å². The van der Waals surface area contributed by atoms with Crippen LogP contribution in [0.4, 0.5) is 11.6 Å². The Kier molecular flexibility index (Phi) is 5.87. The maximum atomic E-state index is 5.69. The van der Waals surface area contributed by atoms with E-state index in [0.29, 0.717) is 6.10 Å².